The Morgan fingerprint density at radius 2 is 1.24 bits per heavy atom. The molecule has 4 atom stereocenters. The third kappa shape index (κ3) is 12.3. The number of nitrogens with one attached hydrogen (secondary N) is 5. The number of fused-ring (bicyclic) bond motifs is 17. The second-order valence-electron chi connectivity index (χ2n) is 14.2. The van der Waals surface area contributed by atoms with E-state index < -0.39 is 65.3 Å². The second-order valence-corrected chi connectivity index (χ2v) is 15.3. The third-order valence-electron chi connectivity index (χ3n) is 8.61. The van der Waals surface area contributed by atoms with Gasteiger partial charge in [0.25, 0.3) is 0 Å². The summed E-state index contributed by atoms with van der Waals surface area (Å²) in [7, 11) is 0. The summed E-state index contributed by atoms with van der Waals surface area (Å²) in [5.41, 5.74) is 1.49. The Labute approximate surface area is 323 Å². The Bertz CT molecular complexity index is 1960. The lowest BCUT2D eigenvalue weighted by Crippen LogP contribution is -2.58. The van der Waals surface area contributed by atoms with Gasteiger partial charge in [0.15, 0.2) is 6.04 Å². The molecule has 4 aromatic rings. The fraction of sp³-hybridized carbons (Fsp3) is 0.317. The smallest absolute Gasteiger partial charge is 0.330 e. The van der Waals surface area contributed by atoms with Crippen LogP contribution in [0.3, 0.4) is 0 Å². The summed E-state index contributed by atoms with van der Waals surface area (Å²) >= 11 is 1.40. The topological polar surface area (TPSA) is 192 Å². The number of thiophene rings is 1. The molecule has 2 aliphatic heterocycles. The maximum absolute atomic E-state index is 14.3. The summed E-state index contributed by atoms with van der Waals surface area (Å²) in [5, 5.41) is 25.6. The number of anilines is 1. The number of rotatable bonds is 8. The molecule has 1 aromatic heterocycles. The number of carboxylic acids is 1. The van der Waals surface area contributed by atoms with E-state index in [1.54, 1.807) is 54.6 Å². The molecule has 0 saturated carbocycles. The van der Waals surface area contributed by atoms with Crippen molar-refractivity contribution in [2.45, 2.75) is 82.6 Å². The maximum atomic E-state index is 14.3. The van der Waals surface area contributed by atoms with Crippen molar-refractivity contribution in [1.29, 1.82) is 0 Å². The maximum Gasteiger partial charge on any atom is 0.330 e. The predicted molar refractivity (Wildman–Crippen MR) is 207 cm³/mol. The minimum Gasteiger partial charge on any atom is -0.488 e. The van der Waals surface area contributed by atoms with Crippen LogP contribution < -0.4 is 31.3 Å². The molecule has 0 saturated heterocycles. The van der Waals surface area contributed by atoms with Crippen LogP contribution in [0, 0.1) is 0 Å². The van der Waals surface area contributed by atoms with Crippen LogP contribution in [0.4, 0.5) is 5.69 Å². The fourth-order valence-corrected chi connectivity index (χ4v) is 6.69. The van der Waals surface area contributed by atoms with Crippen LogP contribution in [0.15, 0.2) is 96.4 Å². The number of ether oxygens (including phenoxy) is 1. The quantitative estimate of drug-likeness (QED) is 0.145. The average molecular weight is 768 g/mol. The number of hydrogen-bond donors (Lipinski definition) is 6. The van der Waals surface area contributed by atoms with Gasteiger partial charge in [-0.2, -0.15) is 0 Å². The Morgan fingerprint density at radius 1 is 0.673 bits per heavy atom. The van der Waals surface area contributed by atoms with E-state index in [1.165, 1.54) is 35.6 Å². The normalized spacial score (nSPS) is 20.3. The first-order valence-corrected chi connectivity index (χ1v) is 18.8. The lowest BCUT2D eigenvalue weighted by Gasteiger charge is -2.27. The van der Waals surface area contributed by atoms with Crippen LogP contribution in [-0.4, -0.2) is 64.3 Å². The number of carboxylic acid groups (broad SMARTS) is 1. The molecule has 14 heteroatoms. The average Bonchev–Trinajstić information content (AvgIpc) is 3.66. The van der Waals surface area contributed by atoms with Crippen LogP contribution in [0.2, 0.25) is 0 Å². The summed E-state index contributed by atoms with van der Waals surface area (Å²) in [6.45, 7) is 5.76. The van der Waals surface area contributed by atoms with Gasteiger partial charge < -0.3 is 36.4 Å². The lowest BCUT2D eigenvalue weighted by atomic mass is 10.0. The molecule has 0 radical (unpaired) electrons. The largest absolute Gasteiger partial charge is 0.488 e. The third-order valence-corrected chi connectivity index (χ3v) is 9.51. The molecule has 0 fully saturated rings. The standard InChI is InChI=1S/C41H45N5O8S/c1-41(2,3)54-29-17-11-26(12-18-29)23-31-37(49)45-32(22-25-8-5-4-6-9-25)39(51)46-36(40(52)53)27-13-15-28(16-14-27)42-34(47)19-20-35(48)43-33(38(50)44-31)24-30-10-7-21-55-30/h4-18,21,31-33,36H,19-20,22-24H2,1-3H3,(H,42,47)(H,43,48)(H,44,50)(H,45,49)(H,46,51)(H,52,53)/t31-,32+,33+,36?/m0/s1. The van der Waals surface area contributed by atoms with Crippen molar-refractivity contribution in [2.24, 2.45) is 0 Å². The Hall–Kier alpha value is -6.02. The van der Waals surface area contributed by atoms with E-state index in [2.05, 4.69) is 26.6 Å². The number of aliphatic carboxylic acids is 1. The second kappa shape index (κ2) is 18.3. The van der Waals surface area contributed by atoms with Crippen LogP contribution in [0.25, 0.3) is 0 Å². The zero-order valence-electron chi connectivity index (χ0n) is 30.8. The predicted octanol–water partition coefficient (Wildman–Crippen LogP) is 4.08. The van der Waals surface area contributed by atoms with Crippen molar-refractivity contribution in [2.75, 3.05) is 5.32 Å². The van der Waals surface area contributed by atoms with Crippen molar-refractivity contribution in [3.63, 3.8) is 0 Å². The molecule has 2 bridgehead atoms. The molecule has 13 nitrogen and oxygen atoms in total. The minimum absolute atomic E-state index is 0.00299. The van der Waals surface area contributed by atoms with Crippen molar-refractivity contribution in [1.82, 2.24) is 21.3 Å². The fourth-order valence-electron chi connectivity index (χ4n) is 5.94. The molecule has 55 heavy (non-hydrogen) atoms. The van der Waals surface area contributed by atoms with E-state index >= 15 is 0 Å². The molecule has 1 unspecified atom stereocenters. The van der Waals surface area contributed by atoms with Gasteiger partial charge in [0.05, 0.1) is 0 Å². The number of amides is 5. The van der Waals surface area contributed by atoms with Crippen LogP contribution in [0.1, 0.15) is 61.2 Å². The van der Waals surface area contributed by atoms with Gasteiger partial charge in [-0.15, -0.1) is 11.3 Å². The van der Waals surface area contributed by atoms with Crippen molar-refractivity contribution >= 4 is 52.5 Å². The Kier molecular flexibility index (Phi) is 13.4. The molecule has 2 aliphatic rings. The molecule has 6 rings (SSSR count). The van der Waals surface area contributed by atoms with Gasteiger partial charge in [0, 0.05) is 42.7 Å². The highest BCUT2D eigenvalue weighted by Crippen LogP contribution is 2.21. The molecule has 3 heterocycles. The molecule has 6 N–H and O–H groups in total. The van der Waals surface area contributed by atoms with E-state index in [1.807, 2.05) is 38.3 Å². The van der Waals surface area contributed by atoms with Gasteiger partial charge in [-0.25, -0.2) is 4.79 Å². The van der Waals surface area contributed by atoms with Gasteiger partial charge in [-0.1, -0.05) is 60.7 Å². The van der Waals surface area contributed by atoms with E-state index in [9.17, 15) is 33.9 Å². The first-order valence-electron chi connectivity index (χ1n) is 17.9. The van der Waals surface area contributed by atoms with Crippen molar-refractivity contribution in [3.8, 4) is 5.75 Å². The Morgan fingerprint density at radius 3 is 1.80 bits per heavy atom. The van der Waals surface area contributed by atoms with Gasteiger partial charge in [-0.3, -0.25) is 24.0 Å². The SMILES string of the molecule is CC(C)(C)Oc1ccc(C[C@@H]2NC(=O)[C@@H](Cc3cccs3)NC(=O)CCC(=O)Nc3ccc(cc3)C(C(=O)O)NC(=O)[C@@H](Cc3ccccc3)NC2=O)cc1. The van der Waals surface area contributed by atoms with E-state index in [0.29, 0.717) is 22.6 Å². The zero-order chi connectivity index (χ0) is 39.5. The van der Waals surface area contributed by atoms with E-state index in [0.717, 1.165) is 4.88 Å². The molecule has 3 aromatic carbocycles. The molecule has 0 aliphatic carbocycles. The first kappa shape index (κ1) is 40.2. The summed E-state index contributed by atoms with van der Waals surface area (Å²) in [6, 6.07) is 20.4. The van der Waals surface area contributed by atoms with Crippen LogP contribution >= 0.6 is 11.3 Å². The van der Waals surface area contributed by atoms with E-state index in [-0.39, 0.29) is 37.7 Å². The van der Waals surface area contributed by atoms with Gasteiger partial charge in [0.1, 0.15) is 29.5 Å². The molecule has 0 spiro atoms. The highest BCUT2D eigenvalue weighted by Gasteiger charge is 2.33. The minimum atomic E-state index is -1.50. The number of benzene rings is 3. The highest BCUT2D eigenvalue weighted by atomic mass is 32.1. The zero-order valence-corrected chi connectivity index (χ0v) is 31.6. The molecule has 288 valence electrons. The number of hydrogen-bond acceptors (Lipinski definition) is 8. The van der Waals surface area contributed by atoms with Crippen LogP contribution in [-0.2, 0) is 48.0 Å². The summed E-state index contributed by atoms with van der Waals surface area (Å²) < 4.78 is 5.95. The summed E-state index contributed by atoms with van der Waals surface area (Å²) in [5.74, 6) is -3.88. The highest BCUT2D eigenvalue weighted by molar-refractivity contribution is 7.09. The van der Waals surface area contributed by atoms with Gasteiger partial charge >= 0.3 is 5.97 Å². The van der Waals surface area contributed by atoms with Gasteiger partial charge in [0.2, 0.25) is 29.5 Å². The van der Waals surface area contributed by atoms with Crippen molar-refractivity contribution < 1.29 is 38.6 Å². The molecule has 5 amide bonds. The lowest BCUT2D eigenvalue weighted by molar-refractivity contribution is -0.142. The first-order chi connectivity index (χ1) is 26.2. The molecular formula is C41H45N5O8S. The summed E-state index contributed by atoms with van der Waals surface area (Å²) in [4.78, 5) is 81.5. The van der Waals surface area contributed by atoms with Gasteiger partial charge in [-0.05, 0) is 73.2 Å². The van der Waals surface area contributed by atoms with Crippen LogP contribution in [0.5, 0.6) is 5.75 Å². The summed E-state index contributed by atoms with van der Waals surface area (Å²) in [6.07, 6.45) is -0.295. The number of carbonyl (C=O) groups excluding carboxylic acids is 5. The monoisotopic (exact) mass is 767 g/mol. The van der Waals surface area contributed by atoms with Crippen molar-refractivity contribution in [3.05, 3.63) is 118 Å². The molecular weight excluding hydrogens is 723 g/mol. The number of carbonyl (C=O) groups is 6. The Balaban J connectivity index is 1.52. The van der Waals surface area contributed by atoms with E-state index in [4.69, 9.17) is 4.74 Å².